The van der Waals surface area contributed by atoms with Crippen LogP contribution >= 0.6 is 0 Å². The van der Waals surface area contributed by atoms with Crippen LogP contribution in [0.4, 0.5) is 0 Å². The number of nitrogens with zero attached hydrogens (tertiary/aromatic N) is 16. The van der Waals surface area contributed by atoms with Crippen LogP contribution in [0.25, 0.3) is 0 Å². The Labute approximate surface area is 241 Å². The fourth-order valence-corrected chi connectivity index (χ4v) is 5.04. The molecule has 0 unspecified atom stereocenters. The highest BCUT2D eigenvalue weighted by Gasteiger charge is 2.19. The van der Waals surface area contributed by atoms with Crippen LogP contribution in [0.1, 0.15) is 110 Å². The van der Waals surface area contributed by atoms with Crippen LogP contribution in [0.5, 0.6) is 0 Å². The lowest BCUT2D eigenvalue weighted by molar-refractivity contribution is 0.0942. The zero-order valence-electron chi connectivity index (χ0n) is 23.7. The zero-order valence-corrected chi connectivity index (χ0v) is 23.7. The molecule has 42 heavy (non-hydrogen) atoms. The van der Waals surface area contributed by atoms with Crippen molar-refractivity contribution in [2.75, 3.05) is 0 Å². The summed E-state index contributed by atoms with van der Waals surface area (Å²) in [5.41, 5.74) is 0. The fourth-order valence-electron chi connectivity index (χ4n) is 5.04. The molecule has 0 aliphatic carbocycles. The SMILES string of the molecule is C1CCCn2nnnc2CC1.C1CCn2nnnc2C1.O=C1CCCCCn2nnnc21.O=C1CCCn2nnnc21. The average Bonchev–Trinajstić information content (AvgIpc) is 3.80. The zero-order chi connectivity index (χ0) is 29.0. The van der Waals surface area contributed by atoms with E-state index in [0.717, 1.165) is 76.4 Å². The van der Waals surface area contributed by atoms with E-state index in [4.69, 9.17) is 0 Å². The van der Waals surface area contributed by atoms with Gasteiger partial charge in [-0.15, -0.1) is 20.4 Å². The maximum atomic E-state index is 11.4. The molecule has 0 amide bonds. The van der Waals surface area contributed by atoms with Crippen molar-refractivity contribution in [2.24, 2.45) is 0 Å². The largest absolute Gasteiger partial charge is 0.291 e. The minimum atomic E-state index is 0.0521. The first-order valence-electron chi connectivity index (χ1n) is 14.8. The Hall–Kier alpha value is -4.38. The fraction of sp³-hybridized carbons (Fsp3) is 0.750. The van der Waals surface area contributed by atoms with E-state index in [1.54, 1.807) is 9.36 Å². The van der Waals surface area contributed by atoms with E-state index < -0.39 is 0 Å². The molecule has 8 rings (SSSR count). The van der Waals surface area contributed by atoms with Gasteiger partial charge in [0, 0.05) is 51.9 Å². The summed E-state index contributed by atoms with van der Waals surface area (Å²) in [5.74, 6) is 3.06. The number of rotatable bonds is 0. The molecule has 0 atom stereocenters. The molecule has 4 aromatic heterocycles. The molecular formula is C24H36N16O2. The molecule has 4 aliphatic rings. The molecule has 18 nitrogen and oxygen atoms in total. The van der Waals surface area contributed by atoms with Gasteiger partial charge in [-0.05, 0) is 86.7 Å². The number of carbonyl (C=O) groups is 2. The molecule has 4 aromatic rings. The van der Waals surface area contributed by atoms with Crippen molar-refractivity contribution < 1.29 is 9.59 Å². The Kier molecular flexibility index (Phi) is 10.4. The van der Waals surface area contributed by atoms with Gasteiger partial charge < -0.3 is 0 Å². The molecule has 0 saturated carbocycles. The van der Waals surface area contributed by atoms with E-state index in [1.807, 2.05) is 9.36 Å². The molecule has 0 spiro atoms. The maximum Gasteiger partial charge on any atom is 0.218 e. The molecule has 224 valence electrons. The third-order valence-electron chi connectivity index (χ3n) is 7.36. The lowest BCUT2D eigenvalue weighted by Gasteiger charge is -2.08. The summed E-state index contributed by atoms with van der Waals surface area (Å²) in [5, 5.41) is 44.3. The molecule has 18 heteroatoms. The maximum absolute atomic E-state index is 11.4. The van der Waals surface area contributed by atoms with Gasteiger partial charge in [0.2, 0.25) is 23.2 Å². The van der Waals surface area contributed by atoms with Gasteiger partial charge in [-0.25, -0.2) is 18.7 Å². The van der Waals surface area contributed by atoms with Crippen LogP contribution in [0.2, 0.25) is 0 Å². The van der Waals surface area contributed by atoms with Gasteiger partial charge in [0.25, 0.3) is 0 Å². The van der Waals surface area contributed by atoms with Crippen LogP contribution in [0.3, 0.4) is 0 Å². The lowest BCUT2D eigenvalue weighted by Crippen LogP contribution is -2.17. The van der Waals surface area contributed by atoms with Gasteiger partial charge >= 0.3 is 0 Å². The first kappa shape index (κ1) is 29.1. The third-order valence-corrected chi connectivity index (χ3v) is 7.36. The number of carbonyl (C=O) groups excluding carboxylic acids is 2. The molecule has 4 aliphatic heterocycles. The number of hydrogen-bond donors (Lipinski definition) is 0. The second-order valence-corrected chi connectivity index (χ2v) is 10.5. The van der Waals surface area contributed by atoms with E-state index in [0.29, 0.717) is 24.5 Å². The summed E-state index contributed by atoms with van der Waals surface area (Å²) in [6.07, 6.45) is 14.8. The second-order valence-electron chi connectivity index (χ2n) is 10.5. The quantitative estimate of drug-likeness (QED) is 0.283. The topological polar surface area (TPSA) is 209 Å². The summed E-state index contributed by atoms with van der Waals surface area (Å²) >= 11 is 0. The Bertz CT molecular complexity index is 1380. The Morgan fingerprint density at radius 2 is 0.762 bits per heavy atom. The lowest BCUT2D eigenvalue weighted by atomic mass is 10.1. The van der Waals surface area contributed by atoms with Crippen LogP contribution < -0.4 is 0 Å². The predicted molar refractivity (Wildman–Crippen MR) is 143 cm³/mol. The van der Waals surface area contributed by atoms with Crippen molar-refractivity contribution in [3.05, 3.63) is 23.3 Å². The number of hydrogen-bond acceptors (Lipinski definition) is 14. The van der Waals surface area contributed by atoms with Crippen LogP contribution in [-0.2, 0) is 39.0 Å². The van der Waals surface area contributed by atoms with Crippen molar-refractivity contribution >= 4 is 11.6 Å². The number of aromatic nitrogens is 16. The van der Waals surface area contributed by atoms with E-state index >= 15 is 0 Å². The van der Waals surface area contributed by atoms with Gasteiger partial charge in [0.05, 0.1) is 0 Å². The minimum Gasteiger partial charge on any atom is -0.291 e. The average molecular weight is 581 g/mol. The number of Topliss-reactive ketones (excluding diaryl/α,β-unsaturated/α-hetero) is 2. The normalized spacial score (nSPS) is 17.8. The minimum absolute atomic E-state index is 0.0521. The highest BCUT2D eigenvalue weighted by molar-refractivity contribution is 5.93. The number of aryl methyl sites for hydroxylation is 6. The standard InChI is InChI=1S/C7H10N4O.C7H12N4.C5H6N4O.C5H8N4/c12-6-4-2-1-3-5-11-7(6)8-9-10-11;1-2-4-6-11-7(5-3-1)8-9-10-11;10-4-2-1-3-9-5(4)6-7-8-9;1-2-4-9-5(3-1)6-7-8-9/h1-5H2;1-6H2;1-3H2;1-4H2. The van der Waals surface area contributed by atoms with Crippen molar-refractivity contribution in [3.8, 4) is 0 Å². The Morgan fingerprint density at radius 3 is 1.38 bits per heavy atom. The van der Waals surface area contributed by atoms with E-state index in [2.05, 4.69) is 62.1 Å². The molecule has 0 radical (unpaired) electrons. The number of ketones is 2. The summed E-state index contributed by atoms with van der Waals surface area (Å²) in [6.45, 7) is 3.55. The predicted octanol–water partition coefficient (Wildman–Crippen LogP) is 0.878. The van der Waals surface area contributed by atoms with Gasteiger partial charge in [0.1, 0.15) is 0 Å². The van der Waals surface area contributed by atoms with Gasteiger partial charge in [-0.2, -0.15) is 0 Å². The van der Waals surface area contributed by atoms with Crippen molar-refractivity contribution in [2.45, 2.75) is 116 Å². The molecule has 0 aromatic carbocycles. The van der Waals surface area contributed by atoms with Crippen LogP contribution in [0.15, 0.2) is 0 Å². The molecule has 0 bridgehead atoms. The molecule has 0 N–H and O–H groups in total. The van der Waals surface area contributed by atoms with Gasteiger partial charge in [-0.1, -0.05) is 19.3 Å². The van der Waals surface area contributed by atoms with E-state index in [-0.39, 0.29) is 11.6 Å². The second kappa shape index (κ2) is 15.0. The van der Waals surface area contributed by atoms with Gasteiger partial charge in [0.15, 0.2) is 11.6 Å². The van der Waals surface area contributed by atoms with E-state index in [1.165, 1.54) is 38.5 Å². The first-order valence-corrected chi connectivity index (χ1v) is 14.8. The molecule has 0 fully saturated rings. The van der Waals surface area contributed by atoms with Crippen LogP contribution in [0, 0.1) is 0 Å². The summed E-state index contributed by atoms with van der Waals surface area (Å²) < 4.78 is 6.95. The van der Waals surface area contributed by atoms with Crippen molar-refractivity contribution in [1.29, 1.82) is 0 Å². The van der Waals surface area contributed by atoms with Crippen molar-refractivity contribution in [1.82, 2.24) is 80.8 Å². The number of tetrazole rings is 4. The molecule has 0 saturated heterocycles. The van der Waals surface area contributed by atoms with Gasteiger partial charge in [-0.3, -0.25) is 9.59 Å². The smallest absolute Gasteiger partial charge is 0.218 e. The first-order chi connectivity index (χ1) is 20.7. The Morgan fingerprint density at radius 1 is 0.381 bits per heavy atom. The number of fused-ring (bicyclic) bond motifs is 4. The van der Waals surface area contributed by atoms with E-state index in [9.17, 15) is 9.59 Å². The molecule has 8 heterocycles. The van der Waals surface area contributed by atoms with Crippen molar-refractivity contribution in [3.63, 3.8) is 0 Å². The highest BCUT2D eigenvalue weighted by atomic mass is 16.1. The monoisotopic (exact) mass is 580 g/mol. The summed E-state index contributed by atoms with van der Waals surface area (Å²) in [7, 11) is 0. The third kappa shape index (κ3) is 7.88. The summed E-state index contributed by atoms with van der Waals surface area (Å²) in [6, 6.07) is 0. The Balaban J connectivity index is 0.000000112. The molecular weight excluding hydrogens is 544 g/mol. The summed E-state index contributed by atoms with van der Waals surface area (Å²) in [4.78, 5) is 22.3. The highest BCUT2D eigenvalue weighted by Crippen LogP contribution is 2.12. The van der Waals surface area contributed by atoms with Crippen LogP contribution in [-0.4, -0.2) is 92.4 Å².